The van der Waals surface area contributed by atoms with Crippen molar-refractivity contribution in [2.24, 2.45) is 5.11 Å². The SMILES string of the molecule is COCn1cc(-c2cnc(CN=[N+]=[N-])o2)c2c(Br)cccc21. The summed E-state index contributed by atoms with van der Waals surface area (Å²) >= 11 is 3.58. The molecule has 0 bridgehead atoms. The highest BCUT2D eigenvalue weighted by Gasteiger charge is 2.16. The molecule has 2 aromatic heterocycles. The maximum atomic E-state index is 8.36. The van der Waals surface area contributed by atoms with E-state index in [9.17, 15) is 0 Å². The fourth-order valence-corrected chi connectivity index (χ4v) is 2.91. The summed E-state index contributed by atoms with van der Waals surface area (Å²) in [6.07, 6.45) is 3.59. The van der Waals surface area contributed by atoms with Gasteiger partial charge in [0.25, 0.3) is 0 Å². The van der Waals surface area contributed by atoms with Crippen LogP contribution in [0.3, 0.4) is 0 Å². The number of ether oxygens (including phenoxy) is 1. The van der Waals surface area contributed by atoms with Crippen molar-refractivity contribution in [3.63, 3.8) is 0 Å². The fraction of sp³-hybridized carbons (Fsp3) is 0.214. The summed E-state index contributed by atoms with van der Waals surface area (Å²) in [7, 11) is 1.65. The van der Waals surface area contributed by atoms with Crippen LogP contribution in [0.1, 0.15) is 5.89 Å². The number of aromatic nitrogens is 2. The van der Waals surface area contributed by atoms with Crippen LogP contribution in [-0.2, 0) is 18.0 Å². The Hall–Kier alpha value is -2.28. The minimum Gasteiger partial charge on any atom is -0.441 e. The summed E-state index contributed by atoms with van der Waals surface area (Å²) in [6.45, 7) is 0.529. The first-order valence-electron chi connectivity index (χ1n) is 6.47. The molecule has 0 saturated carbocycles. The van der Waals surface area contributed by atoms with Crippen LogP contribution in [0.2, 0.25) is 0 Å². The largest absolute Gasteiger partial charge is 0.441 e. The molecule has 0 radical (unpaired) electrons. The Morgan fingerprint density at radius 1 is 1.50 bits per heavy atom. The second kappa shape index (κ2) is 6.23. The van der Waals surface area contributed by atoms with E-state index < -0.39 is 0 Å². The van der Waals surface area contributed by atoms with Gasteiger partial charge < -0.3 is 13.7 Å². The van der Waals surface area contributed by atoms with Crippen molar-refractivity contribution in [3.8, 4) is 11.3 Å². The molecule has 22 heavy (non-hydrogen) atoms. The van der Waals surface area contributed by atoms with E-state index in [1.165, 1.54) is 0 Å². The second-order valence-electron chi connectivity index (χ2n) is 4.57. The van der Waals surface area contributed by atoms with E-state index in [0.717, 1.165) is 20.9 Å². The third kappa shape index (κ3) is 2.59. The third-order valence-electron chi connectivity index (χ3n) is 3.21. The van der Waals surface area contributed by atoms with Gasteiger partial charge in [0.2, 0.25) is 5.89 Å². The quantitative estimate of drug-likeness (QED) is 0.381. The zero-order chi connectivity index (χ0) is 15.5. The van der Waals surface area contributed by atoms with Gasteiger partial charge >= 0.3 is 0 Å². The minimum atomic E-state index is 0.0916. The normalized spacial score (nSPS) is 10.8. The zero-order valence-corrected chi connectivity index (χ0v) is 13.3. The molecule has 0 saturated heterocycles. The Balaban J connectivity index is 2.13. The van der Waals surface area contributed by atoms with Crippen molar-refractivity contribution in [3.05, 3.63) is 51.4 Å². The van der Waals surface area contributed by atoms with Gasteiger partial charge in [0, 0.05) is 33.6 Å². The number of fused-ring (bicyclic) bond motifs is 1. The maximum Gasteiger partial charge on any atom is 0.200 e. The smallest absolute Gasteiger partial charge is 0.200 e. The molecule has 3 aromatic rings. The summed E-state index contributed by atoms with van der Waals surface area (Å²) in [5.41, 5.74) is 10.3. The van der Waals surface area contributed by atoms with Crippen LogP contribution in [0, 0.1) is 0 Å². The first-order chi connectivity index (χ1) is 10.7. The van der Waals surface area contributed by atoms with E-state index in [-0.39, 0.29) is 6.54 Å². The molecule has 0 spiro atoms. The molecule has 0 atom stereocenters. The number of methoxy groups -OCH3 is 1. The number of hydrogen-bond donors (Lipinski definition) is 0. The number of nitrogens with zero attached hydrogens (tertiary/aromatic N) is 5. The van der Waals surface area contributed by atoms with Crippen LogP contribution in [-0.4, -0.2) is 16.7 Å². The van der Waals surface area contributed by atoms with Crippen LogP contribution in [0.25, 0.3) is 32.7 Å². The molecule has 0 unspecified atom stereocenters. The Kier molecular flexibility index (Phi) is 4.15. The Bertz CT molecular complexity index is 863. The zero-order valence-electron chi connectivity index (χ0n) is 11.7. The highest BCUT2D eigenvalue weighted by molar-refractivity contribution is 9.10. The van der Waals surface area contributed by atoms with Gasteiger partial charge in [-0.1, -0.05) is 27.1 Å². The predicted molar refractivity (Wildman–Crippen MR) is 85.0 cm³/mol. The molecular formula is C14H12BrN5O2. The first-order valence-corrected chi connectivity index (χ1v) is 7.26. The van der Waals surface area contributed by atoms with Crippen LogP contribution in [0.4, 0.5) is 0 Å². The lowest BCUT2D eigenvalue weighted by Gasteiger charge is -2.02. The van der Waals surface area contributed by atoms with E-state index in [1.54, 1.807) is 13.3 Å². The Labute approximate surface area is 134 Å². The predicted octanol–water partition coefficient (Wildman–Crippen LogP) is 4.47. The van der Waals surface area contributed by atoms with Crippen molar-refractivity contribution in [2.75, 3.05) is 7.11 Å². The number of halogens is 1. The van der Waals surface area contributed by atoms with Gasteiger partial charge in [-0.05, 0) is 17.7 Å². The van der Waals surface area contributed by atoms with E-state index in [0.29, 0.717) is 18.4 Å². The molecule has 0 fully saturated rings. The van der Waals surface area contributed by atoms with E-state index in [1.807, 2.05) is 29.0 Å². The molecule has 112 valence electrons. The molecule has 0 aliphatic rings. The van der Waals surface area contributed by atoms with Gasteiger partial charge in [0.15, 0.2) is 5.76 Å². The summed E-state index contributed by atoms with van der Waals surface area (Å²) in [4.78, 5) is 6.84. The van der Waals surface area contributed by atoms with Gasteiger partial charge in [0.05, 0.1) is 11.7 Å². The number of hydrogen-bond acceptors (Lipinski definition) is 4. The standard InChI is InChI=1S/C14H12BrN5O2/c1-21-8-20-7-9(14-10(15)3-2-4-11(14)20)12-5-17-13(22-12)6-18-19-16/h2-5,7H,6,8H2,1H3. The number of rotatable bonds is 5. The molecular weight excluding hydrogens is 350 g/mol. The molecule has 7 nitrogen and oxygen atoms in total. The van der Waals surface area contributed by atoms with Gasteiger partial charge in [0.1, 0.15) is 13.3 Å². The highest BCUT2D eigenvalue weighted by atomic mass is 79.9. The van der Waals surface area contributed by atoms with E-state index in [2.05, 4.69) is 30.9 Å². The van der Waals surface area contributed by atoms with E-state index >= 15 is 0 Å². The number of oxazole rings is 1. The summed E-state index contributed by atoms with van der Waals surface area (Å²) in [5.74, 6) is 1.00. The lowest BCUT2D eigenvalue weighted by molar-refractivity contribution is 0.135. The monoisotopic (exact) mass is 361 g/mol. The Morgan fingerprint density at radius 2 is 2.36 bits per heavy atom. The van der Waals surface area contributed by atoms with Crippen LogP contribution in [0.5, 0.6) is 0 Å². The third-order valence-corrected chi connectivity index (χ3v) is 3.87. The molecule has 0 N–H and O–H groups in total. The van der Waals surface area contributed by atoms with Gasteiger partial charge in [-0.2, -0.15) is 0 Å². The maximum absolute atomic E-state index is 8.36. The summed E-state index contributed by atoms with van der Waals surface area (Å²) in [5, 5.41) is 4.47. The lowest BCUT2D eigenvalue weighted by atomic mass is 10.1. The van der Waals surface area contributed by atoms with Crippen LogP contribution in [0.15, 0.2) is 44.6 Å². The van der Waals surface area contributed by atoms with Gasteiger partial charge in [-0.3, -0.25) is 0 Å². The van der Waals surface area contributed by atoms with Crippen molar-refractivity contribution < 1.29 is 9.15 Å². The van der Waals surface area contributed by atoms with Crippen molar-refractivity contribution in [1.29, 1.82) is 0 Å². The molecule has 1 aromatic carbocycles. The summed E-state index contributed by atoms with van der Waals surface area (Å²) < 4.78 is 13.9. The van der Waals surface area contributed by atoms with Crippen LogP contribution >= 0.6 is 15.9 Å². The van der Waals surface area contributed by atoms with Crippen molar-refractivity contribution >= 4 is 26.8 Å². The topological polar surface area (TPSA) is 89.0 Å². The number of benzene rings is 1. The van der Waals surface area contributed by atoms with Crippen molar-refractivity contribution in [1.82, 2.24) is 9.55 Å². The van der Waals surface area contributed by atoms with E-state index in [4.69, 9.17) is 14.7 Å². The second-order valence-corrected chi connectivity index (χ2v) is 5.43. The molecule has 0 aliphatic heterocycles. The summed E-state index contributed by atoms with van der Waals surface area (Å²) in [6, 6.07) is 5.95. The molecule has 0 amide bonds. The average molecular weight is 362 g/mol. The molecule has 8 heteroatoms. The van der Waals surface area contributed by atoms with Gasteiger partial charge in [-0.15, -0.1) is 0 Å². The molecule has 2 heterocycles. The van der Waals surface area contributed by atoms with Crippen LogP contribution < -0.4 is 0 Å². The number of azide groups is 1. The minimum absolute atomic E-state index is 0.0916. The molecule has 3 rings (SSSR count). The first kappa shape index (κ1) is 14.6. The fourth-order valence-electron chi connectivity index (χ4n) is 2.34. The van der Waals surface area contributed by atoms with Gasteiger partial charge in [-0.25, -0.2) is 4.98 Å². The molecule has 0 aliphatic carbocycles. The average Bonchev–Trinajstić information content (AvgIpc) is 3.11. The lowest BCUT2D eigenvalue weighted by Crippen LogP contribution is -1.96. The Morgan fingerprint density at radius 3 is 3.14 bits per heavy atom. The highest BCUT2D eigenvalue weighted by Crippen LogP contribution is 2.36. The van der Waals surface area contributed by atoms with Crippen molar-refractivity contribution in [2.45, 2.75) is 13.3 Å².